The molecule has 0 heterocycles. The van der Waals surface area contributed by atoms with Gasteiger partial charge in [-0.05, 0) is 25.1 Å². The Kier molecular flexibility index (Phi) is 9.99. The van der Waals surface area contributed by atoms with Gasteiger partial charge in [-0.1, -0.05) is 6.92 Å². The summed E-state index contributed by atoms with van der Waals surface area (Å²) < 4.78 is 56.0. The molecule has 2 aromatic rings. The highest BCUT2D eigenvalue weighted by Gasteiger charge is 2.18. The molecule has 0 aromatic heterocycles. The summed E-state index contributed by atoms with van der Waals surface area (Å²) in [7, 11) is 4.39. The van der Waals surface area contributed by atoms with Gasteiger partial charge < -0.3 is 24.8 Å². The van der Waals surface area contributed by atoms with Crippen LogP contribution in [0.3, 0.4) is 0 Å². The molecule has 11 heteroatoms. The highest BCUT2D eigenvalue weighted by Crippen LogP contribution is 2.39. The molecule has 0 radical (unpaired) electrons. The van der Waals surface area contributed by atoms with Gasteiger partial charge in [-0.15, -0.1) is 0 Å². The number of amides is 2. The van der Waals surface area contributed by atoms with Gasteiger partial charge >= 0.3 is 0 Å². The first-order valence-corrected chi connectivity index (χ1v) is 10.5. The van der Waals surface area contributed by atoms with Crippen LogP contribution in [0.15, 0.2) is 24.3 Å². The standard InChI is InChI=1S/C23H28F3N3O5/c1-5-9-29(13-20(31)28-16-7-6-15(24)21(25)22(16)26)10-8-19(30)27-14-11-17(32-2)23(34-4)18(12-14)33-3/h6-7,11-12H,5,8-10,13H2,1-4H3,(H,27,30)(H,28,31). The molecule has 0 atom stereocenters. The lowest BCUT2D eigenvalue weighted by molar-refractivity contribution is -0.119. The fourth-order valence-electron chi connectivity index (χ4n) is 3.24. The maximum Gasteiger partial charge on any atom is 0.238 e. The van der Waals surface area contributed by atoms with E-state index >= 15 is 0 Å². The zero-order valence-corrected chi connectivity index (χ0v) is 19.5. The van der Waals surface area contributed by atoms with E-state index in [9.17, 15) is 22.8 Å². The summed E-state index contributed by atoms with van der Waals surface area (Å²) >= 11 is 0. The summed E-state index contributed by atoms with van der Waals surface area (Å²) in [6.45, 7) is 2.46. The number of rotatable bonds is 12. The molecule has 186 valence electrons. The van der Waals surface area contributed by atoms with Crippen molar-refractivity contribution in [1.82, 2.24) is 4.90 Å². The number of benzene rings is 2. The van der Waals surface area contributed by atoms with Gasteiger partial charge in [-0.2, -0.15) is 0 Å². The van der Waals surface area contributed by atoms with Crippen molar-refractivity contribution in [3.63, 3.8) is 0 Å². The van der Waals surface area contributed by atoms with Crippen LogP contribution in [-0.2, 0) is 9.59 Å². The lowest BCUT2D eigenvalue weighted by Crippen LogP contribution is -2.36. The average Bonchev–Trinajstić information content (AvgIpc) is 2.82. The van der Waals surface area contributed by atoms with Gasteiger partial charge in [0.05, 0.1) is 33.6 Å². The van der Waals surface area contributed by atoms with Gasteiger partial charge in [0.15, 0.2) is 29.0 Å². The normalized spacial score (nSPS) is 10.7. The monoisotopic (exact) mass is 483 g/mol. The third-order valence-electron chi connectivity index (χ3n) is 4.82. The van der Waals surface area contributed by atoms with Crippen molar-refractivity contribution in [3.8, 4) is 17.2 Å². The Labute approximate surface area is 196 Å². The Hall–Kier alpha value is -3.47. The molecule has 0 aliphatic heterocycles. The SMILES string of the molecule is CCCN(CCC(=O)Nc1cc(OC)c(OC)c(OC)c1)CC(=O)Nc1ccc(F)c(F)c1F. The van der Waals surface area contributed by atoms with Crippen molar-refractivity contribution in [2.75, 3.05) is 51.6 Å². The van der Waals surface area contributed by atoms with Crippen molar-refractivity contribution in [2.45, 2.75) is 19.8 Å². The molecule has 8 nitrogen and oxygen atoms in total. The third-order valence-corrected chi connectivity index (χ3v) is 4.82. The van der Waals surface area contributed by atoms with Crippen LogP contribution in [0.25, 0.3) is 0 Å². The van der Waals surface area contributed by atoms with Crippen LogP contribution in [0.5, 0.6) is 17.2 Å². The molecule has 2 amide bonds. The highest BCUT2D eigenvalue weighted by molar-refractivity contribution is 5.93. The Balaban J connectivity index is 1.98. The minimum Gasteiger partial charge on any atom is -0.493 e. The van der Waals surface area contributed by atoms with Gasteiger partial charge in [0.1, 0.15) is 0 Å². The van der Waals surface area contributed by atoms with E-state index in [1.807, 2.05) is 6.92 Å². The Morgan fingerprint density at radius 1 is 0.882 bits per heavy atom. The van der Waals surface area contributed by atoms with E-state index in [-0.39, 0.29) is 25.4 Å². The van der Waals surface area contributed by atoms with E-state index in [1.165, 1.54) is 21.3 Å². The van der Waals surface area contributed by atoms with Crippen molar-refractivity contribution < 1.29 is 37.0 Å². The van der Waals surface area contributed by atoms with Gasteiger partial charge in [0.25, 0.3) is 0 Å². The third kappa shape index (κ3) is 7.01. The quantitative estimate of drug-likeness (QED) is 0.447. The summed E-state index contributed by atoms with van der Waals surface area (Å²) in [4.78, 5) is 26.5. The first-order valence-electron chi connectivity index (χ1n) is 10.5. The van der Waals surface area contributed by atoms with Crippen molar-refractivity contribution >= 4 is 23.2 Å². The Morgan fingerprint density at radius 2 is 1.53 bits per heavy atom. The van der Waals surface area contributed by atoms with Crippen LogP contribution < -0.4 is 24.8 Å². The molecule has 0 saturated carbocycles. The topological polar surface area (TPSA) is 89.1 Å². The molecule has 2 rings (SSSR count). The predicted octanol–water partition coefficient (Wildman–Crippen LogP) is 3.81. The van der Waals surface area contributed by atoms with E-state index < -0.39 is 29.0 Å². The zero-order chi connectivity index (χ0) is 25.3. The molecule has 0 spiro atoms. The lowest BCUT2D eigenvalue weighted by atomic mass is 10.2. The van der Waals surface area contributed by atoms with E-state index in [1.54, 1.807) is 17.0 Å². The summed E-state index contributed by atoms with van der Waals surface area (Å²) in [5.41, 5.74) is -0.0198. The summed E-state index contributed by atoms with van der Waals surface area (Å²) in [5.74, 6) is -4.27. The van der Waals surface area contributed by atoms with Crippen molar-refractivity contribution in [1.29, 1.82) is 0 Å². The molecule has 0 fully saturated rings. The zero-order valence-electron chi connectivity index (χ0n) is 19.5. The van der Waals surface area contributed by atoms with Crippen LogP contribution in [0, 0.1) is 17.5 Å². The number of carbonyl (C=O) groups is 2. The molecule has 2 aromatic carbocycles. The maximum atomic E-state index is 13.8. The van der Waals surface area contributed by atoms with Crippen LogP contribution in [0.1, 0.15) is 19.8 Å². The molecule has 0 aliphatic rings. The molecule has 0 unspecified atom stereocenters. The van der Waals surface area contributed by atoms with Crippen LogP contribution in [-0.4, -0.2) is 57.7 Å². The number of hydrogen-bond acceptors (Lipinski definition) is 6. The van der Waals surface area contributed by atoms with Crippen LogP contribution >= 0.6 is 0 Å². The Morgan fingerprint density at radius 3 is 2.09 bits per heavy atom. The minimum absolute atomic E-state index is 0.0590. The lowest BCUT2D eigenvalue weighted by Gasteiger charge is -2.21. The second-order valence-corrected chi connectivity index (χ2v) is 7.26. The molecule has 0 saturated heterocycles. The number of anilines is 2. The van der Waals surface area contributed by atoms with E-state index in [0.717, 1.165) is 12.1 Å². The van der Waals surface area contributed by atoms with E-state index in [2.05, 4.69) is 10.6 Å². The second kappa shape index (κ2) is 12.7. The molecule has 0 bridgehead atoms. The largest absolute Gasteiger partial charge is 0.493 e. The summed E-state index contributed by atoms with van der Waals surface area (Å²) in [6, 6.07) is 4.85. The number of nitrogens with one attached hydrogen (secondary N) is 2. The van der Waals surface area contributed by atoms with E-state index in [0.29, 0.717) is 35.9 Å². The first kappa shape index (κ1) is 26.8. The van der Waals surface area contributed by atoms with Crippen molar-refractivity contribution in [2.24, 2.45) is 0 Å². The van der Waals surface area contributed by atoms with Gasteiger partial charge in [-0.3, -0.25) is 14.5 Å². The molecular weight excluding hydrogens is 455 g/mol. The van der Waals surface area contributed by atoms with Gasteiger partial charge in [0.2, 0.25) is 17.6 Å². The number of methoxy groups -OCH3 is 3. The van der Waals surface area contributed by atoms with Crippen LogP contribution in [0.2, 0.25) is 0 Å². The maximum absolute atomic E-state index is 13.8. The number of nitrogens with zero attached hydrogens (tertiary/aromatic N) is 1. The number of halogens is 3. The fraction of sp³-hybridized carbons (Fsp3) is 0.391. The molecule has 0 aliphatic carbocycles. The first-order chi connectivity index (χ1) is 16.2. The molecular formula is C23H28F3N3O5. The summed E-state index contributed by atoms with van der Waals surface area (Å²) in [5, 5.41) is 4.97. The fourth-order valence-corrected chi connectivity index (χ4v) is 3.24. The summed E-state index contributed by atoms with van der Waals surface area (Å²) in [6.07, 6.45) is 0.755. The number of ether oxygens (including phenoxy) is 3. The second-order valence-electron chi connectivity index (χ2n) is 7.26. The minimum atomic E-state index is -1.66. The molecule has 2 N–H and O–H groups in total. The Bertz CT molecular complexity index is 995. The smallest absolute Gasteiger partial charge is 0.238 e. The average molecular weight is 483 g/mol. The predicted molar refractivity (Wildman–Crippen MR) is 121 cm³/mol. The van der Waals surface area contributed by atoms with E-state index in [4.69, 9.17) is 14.2 Å². The van der Waals surface area contributed by atoms with Gasteiger partial charge in [-0.25, -0.2) is 13.2 Å². The number of carbonyl (C=O) groups excluding carboxylic acids is 2. The van der Waals surface area contributed by atoms with Gasteiger partial charge in [0, 0.05) is 30.8 Å². The van der Waals surface area contributed by atoms with Crippen molar-refractivity contribution in [3.05, 3.63) is 41.7 Å². The highest BCUT2D eigenvalue weighted by atomic mass is 19.2. The number of hydrogen-bond donors (Lipinski definition) is 2. The van der Waals surface area contributed by atoms with Crippen LogP contribution in [0.4, 0.5) is 24.5 Å². The molecule has 34 heavy (non-hydrogen) atoms.